The van der Waals surface area contributed by atoms with Crippen LogP contribution in [0.1, 0.15) is 44.0 Å². The Kier molecular flexibility index (Phi) is 9.19. The standard InChI is InChI=1S/C19H27NO6/c1-5-11-25-15-9-7-14(8-10-15)18(22)26-12-16(21)20-17(13(3)6-2)19(23)24-4/h7-10,13,17H,5-6,11-12H2,1-4H3,(H,20,21)/t13-,17-/m0/s1. The van der Waals surface area contributed by atoms with Gasteiger partial charge in [-0.1, -0.05) is 27.2 Å². The highest BCUT2D eigenvalue weighted by molar-refractivity contribution is 5.92. The number of amides is 1. The molecule has 26 heavy (non-hydrogen) atoms. The van der Waals surface area contributed by atoms with Crippen LogP contribution in [0.25, 0.3) is 0 Å². The second kappa shape index (κ2) is 11.1. The molecule has 0 aliphatic carbocycles. The van der Waals surface area contributed by atoms with Gasteiger partial charge in [-0.2, -0.15) is 0 Å². The minimum atomic E-state index is -0.772. The molecule has 0 aliphatic rings. The molecule has 0 heterocycles. The SMILES string of the molecule is CCCOc1ccc(C(=O)OCC(=O)N[C@H](C(=O)OC)[C@@H](C)CC)cc1. The Balaban J connectivity index is 2.54. The van der Waals surface area contributed by atoms with Crippen LogP contribution >= 0.6 is 0 Å². The van der Waals surface area contributed by atoms with E-state index in [9.17, 15) is 14.4 Å². The summed E-state index contributed by atoms with van der Waals surface area (Å²) < 4.78 is 15.1. The first-order chi connectivity index (χ1) is 12.4. The summed E-state index contributed by atoms with van der Waals surface area (Å²) in [6.45, 7) is 5.86. The molecule has 0 spiro atoms. The zero-order valence-electron chi connectivity index (χ0n) is 15.7. The number of rotatable bonds is 10. The van der Waals surface area contributed by atoms with E-state index in [0.29, 0.717) is 24.3 Å². The molecule has 1 rings (SSSR count). The number of benzene rings is 1. The fourth-order valence-corrected chi connectivity index (χ4v) is 2.13. The van der Waals surface area contributed by atoms with Gasteiger partial charge in [0.25, 0.3) is 5.91 Å². The Morgan fingerprint density at radius 2 is 1.77 bits per heavy atom. The summed E-state index contributed by atoms with van der Waals surface area (Å²) in [4.78, 5) is 35.7. The molecule has 2 atom stereocenters. The topological polar surface area (TPSA) is 90.9 Å². The van der Waals surface area contributed by atoms with Crippen molar-refractivity contribution in [1.29, 1.82) is 0 Å². The van der Waals surface area contributed by atoms with Crippen LogP contribution < -0.4 is 10.1 Å². The second-order valence-corrected chi connectivity index (χ2v) is 5.90. The highest BCUT2D eigenvalue weighted by atomic mass is 16.5. The average molecular weight is 365 g/mol. The first-order valence-corrected chi connectivity index (χ1v) is 8.70. The van der Waals surface area contributed by atoms with Gasteiger partial charge < -0.3 is 19.5 Å². The van der Waals surface area contributed by atoms with Gasteiger partial charge in [-0.3, -0.25) is 4.79 Å². The lowest BCUT2D eigenvalue weighted by Crippen LogP contribution is -2.47. The number of nitrogens with one attached hydrogen (secondary N) is 1. The van der Waals surface area contributed by atoms with Crippen molar-refractivity contribution in [2.75, 3.05) is 20.3 Å². The molecule has 0 saturated carbocycles. The highest BCUT2D eigenvalue weighted by Crippen LogP contribution is 2.13. The monoisotopic (exact) mass is 365 g/mol. The van der Waals surface area contributed by atoms with Crippen molar-refractivity contribution in [2.24, 2.45) is 5.92 Å². The van der Waals surface area contributed by atoms with E-state index in [4.69, 9.17) is 14.2 Å². The Morgan fingerprint density at radius 1 is 1.12 bits per heavy atom. The van der Waals surface area contributed by atoms with E-state index in [1.54, 1.807) is 24.3 Å². The average Bonchev–Trinajstić information content (AvgIpc) is 2.67. The molecule has 1 N–H and O–H groups in total. The van der Waals surface area contributed by atoms with Crippen molar-refractivity contribution in [3.63, 3.8) is 0 Å². The predicted octanol–water partition coefficient (Wildman–Crippen LogP) is 2.34. The van der Waals surface area contributed by atoms with Gasteiger partial charge in [0.1, 0.15) is 11.8 Å². The van der Waals surface area contributed by atoms with Crippen molar-refractivity contribution < 1.29 is 28.6 Å². The lowest BCUT2D eigenvalue weighted by Gasteiger charge is -2.21. The third-order valence-corrected chi connectivity index (χ3v) is 3.88. The van der Waals surface area contributed by atoms with Gasteiger partial charge >= 0.3 is 11.9 Å². The lowest BCUT2D eigenvalue weighted by atomic mass is 9.99. The summed E-state index contributed by atoms with van der Waals surface area (Å²) >= 11 is 0. The number of hydrogen-bond acceptors (Lipinski definition) is 6. The molecule has 0 unspecified atom stereocenters. The third kappa shape index (κ3) is 6.74. The maximum atomic E-state index is 12.0. The minimum Gasteiger partial charge on any atom is -0.494 e. The first kappa shape index (κ1) is 21.5. The van der Waals surface area contributed by atoms with E-state index in [0.717, 1.165) is 6.42 Å². The van der Waals surface area contributed by atoms with Crippen LogP contribution in [-0.4, -0.2) is 44.2 Å². The molecule has 0 aromatic heterocycles. The van der Waals surface area contributed by atoms with Crippen LogP contribution in [0.15, 0.2) is 24.3 Å². The Labute approximate surface area is 154 Å². The normalized spacial score (nSPS) is 12.6. The molecule has 0 bridgehead atoms. The third-order valence-electron chi connectivity index (χ3n) is 3.88. The first-order valence-electron chi connectivity index (χ1n) is 8.70. The molecule has 1 aromatic rings. The smallest absolute Gasteiger partial charge is 0.338 e. The van der Waals surface area contributed by atoms with E-state index in [2.05, 4.69) is 5.32 Å². The largest absolute Gasteiger partial charge is 0.494 e. The Hall–Kier alpha value is -2.57. The number of ether oxygens (including phenoxy) is 3. The summed E-state index contributed by atoms with van der Waals surface area (Å²) in [5.74, 6) is -1.15. The van der Waals surface area contributed by atoms with E-state index in [1.807, 2.05) is 20.8 Å². The number of carbonyl (C=O) groups excluding carboxylic acids is 3. The lowest BCUT2D eigenvalue weighted by molar-refractivity contribution is -0.147. The molecule has 7 heteroatoms. The zero-order chi connectivity index (χ0) is 19.5. The molecule has 0 fully saturated rings. The number of esters is 2. The van der Waals surface area contributed by atoms with Crippen molar-refractivity contribution >= 4 is 17.8 Å². The second-order valence-electron chi connectivity index (χ2n) is 5.90. The van der Waals surface area contributed by atoms with Crippen molar-refractivity contribution in [1.82, 2.24) is 5.32 Å². The summed E-state index contributed by atoms with van der Waals surface area (Å²) in [6, 6.07) is 5.71. The van der Waals surface area contributed by atoms with Gasteiger partial charge in [-0.05, 0) is 36.6 Å². The fourth-order valence-electron chi connectivity index (χ4n) is 2.13. The van der Waals surface area contributed by atoms with E-state index in [-0.39, 0.29) is 5.92 Å². The number of hydrogen-bond donors (Lipinski definition) is 1. The van der Waals surface area contributed by atoms with Crippen LogP contribution in [0.3, 0.4) is 0 Å². The van der Waals surface area contributed by atoms with Gasteiger partial charge in [-0.25, -0.2) is 9.59 Å². The maximum absolute atomic E-state index is 12.0. The van der Waals surface area contributed by atoms with Crippen LogP contribution in [0.2, 0.25) is 0 Å². The van der Waals surface area contributed by atoms with Crippen molar-refractivity contribution in [3.05, 3.63) is 29.8 Å². The Bertz CT molecular complexity index is 599. The van der Waals surface area contributed by atoms with Crippen LogP contribution in [-0.2, 0) is 19.1 Å². The fraction of sp³-hybridized carbons (Fsp3) is 0.526. The summed E-state index contributed by atoms with van der Waals surface area (Å²) in [6.07, 6.45) is 1.58. The van der Waals surface area contributed by atoms with E-state index >= 15 is 0 Å². The number of carbonyl (C=O) groups is 3. The van der Waals surface area contributed by atoms with Crippen LogP contribution in [0.5, 0.6) is 5.75 Å². The molecule has 1 amide bonds. The van der Waals surface area contributed by atoms with Gasteiger partial charge in [-0.15, -0.1) is 0 Å². The minimum absolute atomic E-state index is 0.0993. The predicted molar refractivity (Wildman–Crippen MR) is 95.9 cm³/mol. The van der Waals surface area contributed by atoms with Gasteiger partial charge in [0.2, 0.25) is 0 Å². The van der Waals surface area contributed by atoms with Crippen molar-refractivity contribution in [2.45, 2.75) is 39.7 Å². The van der Waals surface area contributed by atoms with Crippen LogP contribution in [0.4, 0.5) is 0 Å². The molecule has 7 nitrogen and oxygen atoms in total. The van der Waals surface area contributed by atoms with Gasteiger partial charge in [0.05, 0.1) is 19.3 Å². The molecule has 0 radical (unpaired) electrons. The molecule has 0 saturated heterocycles. The summed E-state index contributed by atoms with van der Waals surface area (Å²) in [5, 5.41) is 2.55. The van der Waals surface area contributed by atoms with Gasteiger partial charge in [0, 0.05) is 0 Å². The molecular formula is C19H27NO6. The maximum Gasteiger partial charge on any atom is 0.338 e. The van der Waals surface area contributed by atoms with E-state index < -0.39 is 30.5 Å². The molecule has 0 aliphatic heterocycles. The Morgan fingerprint density at radius 3 is 2.31 bits per heavy atom. The molecule has 144 valence electrons. The number of methoxy groups -OCH3 is 1. The summed E-state index contributed by atoms with van der Waals surface area (Å²) in [5.41, 5.74) is 0.313. The summed E-state index contributed by atoms with van der Waals surface area (Å²) in [7, 11) is 1.26. The zero-order valence-corrected chi connectivity index (χ0v) is 15.7. The van der Waals surface area contributed by atoms with Crippen LogP contribution in [0, 0.1) is 5.92 Å². The van der Waals surface area contributed by atoms with E-state index in [1.165, 1.54) is 7.11 Å². The molecule has 1 aromatic carbocycles. The molecular weight excluding hydrogens is 338 g/mol. The van der Waals surface area contributed by atoms with Crippen molar-refractivity contribution in [3.8, 4) is 5.75 Å². The van der Waals surface area contributed by atoms with Gasteiger partial charge in [0.15, 0.2) is 6.61 Å². The quantitative estimate of drug-likeness (QED) is 0.640. The highest BCUT2D eigenvalue weighted by Gasteiger charge is 2.27.